The van der Waals surface area contributed by atoms with Gasteiger partial charge in [0.15, 0.2) is 0 Å². The smallest absolute Gasteiger partial charge is 0.326 e. The zero-order chi connectivity index (χ0) is 12.3. The summed E-state index contributed by atoms with van der Waals surface area (Å²) in [5.74, 6) is -0.549. The van der Waals surface area contributed by atoms with Gasteiger partial charge in [-0.05, 0) is 19.3 Å². The van der Waals surface area contributed by atoms with Crippen LogP contribution in [0.15, 0.2) is 0 Å². The highest BCUT2D eigenvalue weighted by atomic mass is 16.5. The van der Waals surface area contributed by atoms with Crippen LogP contribution < -0.4 is 5.32 Å². The minimum absolute atomic E-state index is 0.262. The number of likely N-dealkylation sites (tertiary alicyclic amines) is 1. The number of nitrogens with zero attached hydrogens (tertiary/aromatic N) is 1. The number of hydrogen-bond acceptors (Lipinski definition) is 3. The third kappa shape index (κ3) is 2.88. The summed E-state index contributed by atoms with van der Waals surface area (Å²) in [5.41, 5.74) is 0. The van der Waals surface area contributed by atoms with E-state index in [1.807, 2.05) is 0 Å². The summed E-state index contributed by atoms with van der Waals surface area (Å²) in [6.07, 6.45) is 2.27. The highest BCUT2D eigenvalue weighted by molar-refractivity contribution is 5.83. The lowest BCUT2D eigenvalue weighted by Gasteiger charge is -2.22. The number of carbonyl (C=O) groups excluding carboxylic acids is 1. The molecule has 2 unspecified atom stereocenters. The summed E-state index contributed by atoms with van der Waals surface area (Å²) in [6, 6.07) is -0.920. The van der Waals surface area contributed by atoms with Gasteiger partial charge in [0.25, 0.3) is 0 Å². The third-order valence-electron chi connectivity index (χ3n) is 3.36. The fraction of sp³-hybridized carbons (Fsp3) is 0.818. The fourth-order valence-corrected chi connectivity index (χ4v) is 2.34. The van der Waals surface area contributed by atoms with Crippen LogP contribution in [0.3, 0.4) is 0 Å². The Labute approximate surface area is 99.9 Å². The van der Waals surface area contributed by atoms with Crippen molar-refractivity contribution in [1.82, 2.24) is 10.2 Å². The van der Waals surface area contributed by atoms with Gasteiger partial charge < -0.3 is 20.1 Å². The predicted molar refractivity (Wildman–Crippen MR) is 59.7 cm³/mol. The van der Waals surface area contributed by atoms with E-state index in [4.69, 9.17) is 9.84 Å². The number of carboxylic acids is 1. The first kappa shape index (κ1) is 12.2. The van der Waals surface area contributed by atoms with Gasteiger partial charge in [-0.3, -0.25) is 0 Å². The van der Waals surface area contributed by atoms with Gasteiger partial charge >= 0.3 is 12.0 Å². The van der Waals surface area contributed by atoms with Crippen LogP contribution in [0.25, 0.3) is 0 Å². The number of hydrogen-bond donors (Lipinski definition) is 2. The molecule has 6 nitrogen and oxygen atoms in total. The molecular formula is C11H18N2O4. The number of nitrogens with one attached hydrogen (secondary N) is 1. The Kier molecular flexibility index (Phi) is 3.83. The van der Waals surface area contributed by atoms with Crippen LogP contribution in [-0.2, 0) is 9.53 Å². The van der Waals surface area contributed by atoms with Gasteiger partial charge in [0.05, 0.1) is 6.61 Å². The SMILES string of the molecule is O=C(O)C1CCCN1C(=O)NCC1CCOC1. The van der Waals surface area contributed by atoms with Crippen molar-refractivity contribution < 1.29 is 19.4 Å². The lowest BCUT2D eigenvalue weighted by Crippen LogP contribution is -2.47. The van der Waals surface area contributed by atoms with E-state index in [1.54, 1.807) is 0 Å². The van der Waals surface area contributed by atoms with Gasteiger partial charge in [-0.25, -0.2) is 9.59 Å². The molecule has 2 aliphatic heterocycles. The minimum atomic E-state index is -0.915. The number of aliphatic carboxylic acids is 1. The summed E-state index contributed by atoms with van der Waals surface area (Å²) < 4.78 is 5.22. The number of urea groups is 1. The van der Waals surface area contributed by atoms with Crippen molar-refractivity contribution in [3.05, 3.63) is 0 Å². The number of rotatable bonds is 3. The minimum Gasteiger partial charge on any atom is -0.480 e. The van der Waals surface area contributed by atoms with Crippen molar-refractivity contribution in [2.75, 3.05) is 26.3 Å². The Hall–Kier alpha value is -1.30. The van der Waals surface area contributed by atoms with Crippen LogP contribution in [0.4, 0.5) is 4.79 Å². The molecule has 2 rings (SSSR count). The van der Waals surface area contributed by atoms with E-state index in [1.165, 1.54) is 4.90 Å². The average Bonchev–Trinajstić information content (AvgIpc) is 2.96. The molecule has 0 aromatic heterocycles. The normalized spacial score (nSPS) is 28.4. The molecule has 2 atom stereocenters. The fourth-order valence-electron chi connectivity index (χ4n) is 2.34. The van der Waals surface area contributed by atoms with Crippen molar-refractivity contribution in [2.24, 2.45) is 5.92 Å². The molecular weight excluding hydrogens is 224 g/mol. The van der Waals surface area contributed by atoms with E-state index in [2.05, 4.69) is 5.32 Å². The summed E-state index contributed by atoms with van der Waals surface area (Å²) in [6.45, 7) is 2.54. The van der Waals surface area contributed by atoms with Gasteiger partial charge in [0, 0.05) is 25.6 Å². The summed E-state index contributed by atoms with van der Waals surface area (Å²) in [5, 5.41) is 11.8. The second kappa shape index (κ2) is 5.35. The zero-order valence-corrected chi connectivity index (χ0v) is 9.72. The van der Waals surface area contributed by atoms with Gasteiger partial charge in [0.2, 0.25) is 0 Å². The number of carbonyl (C=O) groups is 2. The Morgan fingerprint density at radius 3 is 2.88 bits per heavy atom. The van der Waals surface area contributed by atoms with Crippen molar-refractivity contribution in [1.29, 1.82) is 0 Å². The van der Waals surface area contributed by atoms with Gasteiger partial charge in [-0.1, -0.05) is 0 Å². The molecule has 0 aromatic carbocycles. The average molecular weight is 242 g/mol. The molecule has 0 bridgehead atoms. The maximum absolute atomic E-state index is 11.8. The third-order valence-corrected chi connectivity index (χ3v) is 3.36. The van der Waals surface area contributed by atoms with E-state index < -0.39 is 12.0 Å². The standard InChI is InChI=1S/C11H18N2O4/c14-10(15)9-2-1-4-13(9)11(16)12-6-8-3-5-17-7-8/h8-9H,1-7H2,(H,12,16)(H,14,15). The Balaban J connectivity index is 1.80. The van der Waals surface area contributed by atoms with E-state index in [0.717, 1.165) is 19.4 Å². The molecule has 0 aliphatic carbocycles. The predicted octanol–water partition coefficient (Wildman–Crippen LogP) is 0.281. The second-order valence-corrected chi connectivity index (χ2v) is 4.61. The van der Waals surface area contributed by atoms with Gasteiger partial charge in [-0.15, -0.1) is 0 Å². The number of ether oxygens (including phenoxy) is 1. The molecule has 2 N–H and O–H groups in total. The highest BCUT2D eigenvalue weighted by Crippen LogP contribution is 2.17. The first-order valence-corrected chi connectivity index (χ1v) is 6.03. The summed E-state index contributed by atoms with van der Waals surface area (Å²) in [7, 11) is 0. The first-order chi connectivity index (χ1) is 8.18. The molecule has 0 spiro atoms. The maximum Gasteiger partial charge on any atom is 0.326 e. The number of carboxylic acid groups (broad SMARTS) is 1. The molecule has 2 heterocycles. The lowest BCUT2D eigenvalue weighted by molar-refractivity contribution is -0.141. The van der Waals surface area contributed by atoms with Crippen molar-refractivity contribution in [3.63, 3.8) is 0 Å². The first-order valence-electron chi connectivity index (χ1n) is 6.03. The van der Waals surface area contributed by atoms with Crippen LogP contribution in [0, 0.1) is 5.92 Å². The van der Waals surface area contributed by atoms with E-state index >= 15 is 0 Å². The Morgan fingerprint density at radius 1 is 1.41 bits per heavy atom. The van der Waals surface area contributed by atoms with Crippen LogP contribution in [0.1, 0.15) is 19.3 Å². The highest BCUT2D eigenvalue weighted by Gasteiger charge is 2.34. The molecule has 2 amide bonds. The van der Waals surface area contributed by atoms with E-state index in [-0.39, 0.29) is 6.03 Å². The topological polar surface area (TPSA) is 78.9 Å². The van der Waals surface area contributed by atoms with Gasteiger partial charge in [0.1, 0.15) is 6.04 Å². The quantitative estimate of drug-likeness (QED) is 0.745. The molecule has 0 saturated carbocycles. The van der Waals surface area contributed by atoms with E-state index in [0.29, 0.717) is 32.0 Å². The second-order valence-electron chi connectivity index (χ2n) is 4.61. The van der Waals surface area contributed by atoms with Crippen molar-refractivity contribution in [2.45, 2.75) is 25.3 Å². The van der Waals surface area contributed by atoms with Crippen molar-refractivity contribution >= 4 is 12.0 Å². The van der Waals surface area contributed by atoms with Crippen molar-refractivity contribution in [3.8, 4) is 0 Å². The molecule has 2 aliphatic rings. The molecule has 6 heteroatoms. The maximum atomic E-state index is 11.8. The molecule has 2 fully saturated rings. The van der Waals surface area contributed by atoms with E-state index in [9.17, 15) is 9.59 Å². The molecule has 0 radical (unpaired) electrons. The van der Waals surface area contributed by atoms with Crippen LogP contribution in [-0.4, -0.2) is 54.4 Å². The molecule has 96 valence electrons. The summed E-state index contributed by atoms with van der Waals surface area (Å²) in [4.78, 5) is 24.2. The van der Waals surface area contributed by atoms with Crippen LogP contribution in [0.5, 0.6) is 0 Å². The molecule has 2 saturated heterocycles. The molecule has 0 aromatic rings. The molecule has 17 heavy (non-hydrogen) atoms. The largest absolute Gasteiger partial charge is 0.480 e. The summed E-state index contributed by atoms with van der Waals surface area (Å²) >= 11 is 0. The van der Waals surface area contributed by atoms with Crippen LogP contribution >= 0.6 is 0 Å². The Morgan fingerprint density at radius 2 is 2.24 bits per heavy atom. The lowest BCUT2D eigenvalue weighted by atomic mass is 10.1. The zero-order valence-electron chi connectivity index (χ0n) is 9.72. The Bertz CT molecular complexity index is 302. The monoisotopic (exact) mass is 242 g/mol. The van der Waals surface area contributed by atoms with Gasteiger partial charge in [-0.2, -0.15) is 0 Å². The van der Waals surface area contributed by atoms with Crippen LogP contribution in [0.2, 0.25) is 0 Å². The number of amides is 2.